The molecule has 128 valence electrons. The van der Waals surface area contributed by atoms with Crippen molar-refractivity contribution in [3.63, 3.8) is 0 Å². The average Bonchev–Trinajstić information content (AvgIpc) is 2.56. The van der Waals surface area contributed by atoms with E-state index in [0.717, 1.165) is 16.3 Å². The van der Waals surface area contributed by atoms with Crippen LogP contribution in [0.2, 0.25) is 5.02 Å². The van der Waals surface area contributed by atoms with E-state index in [1.54, 1.807) is 6.07 Å². The lowest BCUT2D eigenvalue weighted by Crippen LogP contribution is -2.23. The van der Waals surface area contributed by atoms with Gasteiger partial charge in [0.1, 0.15) is 17.2 Å². The second-order valence-electron chi connectivity index (χ2n) is 5.91. The predicted molar refractivity (Wildman–Crippen MR) is 99.4 cm³/mol. The lowest BCUT2D eigenvalue weighted by Gasteiger charge is -2.14. The normalized spacial score (nSPS) is 12.0. The zero-order valence-corrected chi connectivity index (χ0v) is 14.7. The van der Waals surface area contributed by atoms with E-state index >= 15 is 0 Å². The van der Waals surface area contributed by atoms with Crippen LogP contribution in [0.15, 0.2) is 54.6 Å². The Bertz CT molecular complexity index is 939. The summed E-state index contributed by atoms with van der Waals surface area (Å²) in [5, 5.41) is 14.7. The van der Waals surface area contributed by atoms with Gasteiger partial charge in [-0.05, 0) is 53.6 Å². The zero-order valence-electron chi connectivity index (χ0n) is 13.9. The van der Waals surface area contributed by atoms with Gasteiger partial charge in [-0.15, -0.1) is 0 Å². The van der Waals surface area contributed by atoms with E-state index in [-0.39, 0.29) is 17.7 Å². The molecular formula is C20H18ClNO3. The standard InChI is InChI=1S/C20H18ClNO3/c1-12(22-13(2)23)14-3-4-16-10-18(7-5-15(16)9-14)25-20-8-6-17(24)11-19(20)21/h3-12,24H,1-2H3,(H,22,23). The number of halogens is 1. The molecule has 0 radical (unpaired) electrons. The van der Waals surface area contributed by atoms with E-state index < -0.39 is 0 Å². The molecule has 2 N–H and O–H groups in total. The lowest BCUT2D eigenvalue weighted by molar-refractivity contribution is -0.119. The molecule has 0 bridgehead atoms. The first kappa shape index (κ1) is 17.1. The fourth-order valence-electron chi connectivity index (χ4n) is 2.66. The van der Waals surface area contributed by atoms with Crippen molar-refractivity contribution in [2.24, 2.45) is 0 Å². The van der Waals surface area contributed by atoms with Crippen LogP contribution in [0.4, 0.5) is 0 Å². The highest BCUT2D eigenvalue weighted by Gasteiger charge is 2.09. The highest BCUT2D eigenvalue weighted by atomic mass is 35.5. The van der Waals surface area contributed by atoms with Gasteiger partial charge in [-0.25, -0.2) is 0 Å². The van der Waals surface area contributed by atoms with Crippen molar-refractivity contribution in [2.75, 3.05) is 0 Å². The van der Waals surface area contributed by atoms with Crippen molar-refractivity contribution in [2.45, 2.75) is 19.9 Å². The molecule has 0 fully saturated rings. The van der Waals surface area contributed by atoms with Crippen molar-refractivity contribution in [3.8, 4) is 17.2 Å². The third-order valence-corrected chi connectivity index (χ3v) is 4.19. The van der Waals surface area contributed by atoms with Crippen LogP contribution in [-0.4, -0.2) is 11.0 Å². The minimum absolute atomic E-state index is 0.0476. The molecule has 0 saturated carbocycles. The van der Waals surface area contributed by atoms with Crippen LogP contribution in [0, 0.1) is 0 Å². The fraction of sp³-hybridized carbons (Fsp3) is 0.150. The van der Waals surface area contributed by atoms with Crippen LogP contribution >= 0.6 is 11.6 Å². The predicted octanol–water partition coefficient (Wildman–Crippen LogP) is 5.19. The van der Waals surface area contributed by atoms with Gasteiger partial charge in [0, 0.05) is 13.0 Å². The van der Waals surface area contributed by atoms with Crippen molar-refractivity contribution in [1.29, 1.82) is 0 Å². The van der Waals surface area contributed by atoms with Crippen LogP contribution in [0.25, 0.3) is 10.8 Å². The van der Waals surface area contributed by atoms with Crippen LogP contribution in [0.5, 0.6) is 17.2 Å². The Hall–Kier alpha value is -2.72. The van der Waals surface area contributed by atoms with Gasteiger partial charge in [-0.1, -0.05) is 29.8 Å². The van der Waals surface area contributed by atoms with Crippen molar-refractivity contribution in [3.05, 3.63) is 65.2 Å². The van der Waals surface area contributed by atoms with Gasteiger partial charge >= 0.3 is 0 Å². The summed E-state index contributed by atoms with van der Waals surface area (Å²) < 4.78 is 5.80. The van der Waals surface area contributed by atoms with Crippen LogP contribution in [-0.2, 0) is 4.79 Å². The number of amides is 1. The number of rotatable bonds is 4. The van der Waals surface area contributed by atoms with Gasteiger partial charge < -0.3 is 15.2 Å². The van der Waals surface area contributed by atoms with Gasteiger partial charge in [-0.2, -0.15) is 0 Å². The summed E-state index contributed by atoms with van der Waals surface area (Å²) in [6.07, 6.45) is 0. The molecule has 4 nitrogen and oxygen atoms in total. The van der Waals surface area contributed by atoms with E-state index in [1.807, 2.05) is 43.3 Å². The molecule has 0 saturated heterocycles. The molecule has 1 atom stereocenters. The number of ether oxygens (including phenoxy) is 1. The van der Waals surface area contributed by atoms with Gasteiger partial charge in [0.15, 0.2) is 0 Å². The number of hydrogen-bond donors (Lipinski definition) is 2. The molecule has 3 rings (SSSR count). The number of carbonyl (C=O) groups excluding carboxylic acids is 1. The molecule has 25 heavy (non-hydrogen) atoms. The number of fused-ring (bicyclic) bond motifs is 1. The minimum atomic E-state index is -0.0536. The second kappa shape index (κ2) is 7.03. The van der Waals surface area contributed by atoms with E-state index in [2.05, 4.69) is 5.32 Å². The molecule has 1 unspecified atom stereocenters. The minimum Gasteiger partial charge on any atom is -0.508 e. The van der Waals surface area contributed by atoms with Gasteiger partial charge in [0.25, 0.3) is 0 Å². The van der Waals surface area contributed by atoms with Crippen LogP contribution < -0.4 is 10.1 Å². The number of aromatic hydroxyl groups is 1. The maximum atomic E-state index is 11.2. The average molecular weight is 356 g/mol. The highest BCUT2D eigenvalue weighted by molar-refractivity contribution is 6.32. The highest BCUT2D eigenvalue weighted by Crippen LogP contribution is 2.33. The fourth-order valence-corrected chi connectivity index (χ4v) is 2.88. The molecule has 0 spiro atoms. The molecule has 0 aliphatic heterocycles. The molecule has 0 aliphatic carbocycles. The van der Waals surface area contributed by atoms with Crippen LogP contribution in [0.3, 0.4) is 0 Å². The summed E-state index contributed by atoms with van der Waals surface area (Å²) in [6, 6.07) is 16.3. The van der Waals surface area contributed by atoms with Gasteiger partial charge in [-0.3, -0.25) is 4.79 Å². The molecule has 0 aromatic heterocycles. The summed E-state index contributed by atoms with van der Waals surface area (Å²) >= 11 is 6.08. The summed E-state index contributed by atoms with van der Waals surface area (Å²) in [4.78, 5) is 11.2. The quantitative estimate of drug-likeness (QED) is 0.677. The summed E-state index contributed by atoms with van der Waals surface area (Å²) in [5.41, 5.74) is 1.04. The Morgan fingerprint density at radius 3 is 2.52 bits per heavy atom. The Morgan fingerprint density at radius 1 is 1.08 bits per heavy atom. The molecular weight excluding hydrogens is 338 g/mol. The number of phenolic OH excluding ortho intramolecular Hbond substituents is 1. The van der Waals surface area contributed by atoms with E-state index in [1.165, 1.54) is 19.1 Å². The molecule has 5 heteroatoms. The Labute approximate surface area is 151 Å². The number of phenols is 1. The van der Waals surface area contributed by atoms with E-state index in [0.29, 0.717) is 16.5 Å². The third-order valence-electron chi connectivity index (χ3n) is 3.90. The summed E-state index contributed by atoms with van der Waals surface area (Å²) in [6.45, 7) is 3.46. The topological polar surface area (TPSA) is 58.6 Å². The van der Waals surface area contributed by atoms with Crippen molar-refractivity contribution >= 4 is 28.3 Å². The first-order valence-electron chi connectivity index (χ1n) is 7.89. The number of benzene rings is 3. The summed E-state index contributed by atoms with van der Waals surface area (Å²) in [5.74, 6) is 1.18. The Morgan fingerprint density at radius 2 is 1.80 bits per heavy atom. The van der Waals surface area contributed by atoms with Gasteiger partial charge in [0.05, 0.1) is 11.1 Å². The first-order chi connectivity index (χ1) is 11.9. The molecule has 3 aromatic carbocycles. The van der Waals surface area contributed by atoms with E-state index in [4.69, 9.17) is 16.3 Å². The largest absolute Gasteiger partial charge is 0.508 e. The van der Waals surface area contributed by atoms with Crippen molar-refractivity contribution in [1.82, 2.24) is 5.32 Å². The Kier molecular flexibility index (Phi) is 4.81. The molecule has 1 amide bonds. The lowest BCUT2D eigenvalue weighted by atomic mass is 10.0. The zero-order chi connectivity index (χ0) is 18.0. The monoisotopic (exact) mass is 355 g/mol. The molecule has 0 heterocycles. The van der Waals surface area contributed by atoms with Gasteiger partial charge in [0.2, 0.25) is 5.91 Å². The SMILES string of the molecule is CC(=O)NC(C)c1ccc2cc(Oc3ccc(O)cc3Cl)ccc2c1. The smallest absolute Gasteiger partial charge is 0.217 e. The molecule has 3 aromatic rings. The number of hydrogen-bond acceptors (Lipinski definition) is 3. The maximum absolute atomic E-state index is 11.2. The van der Waals surface area contributed by atoms with Crippen LogP contribution in [0.1, 0.15) is 25.5 Å². The van der Waals surface area contributed by atoms with Crippen molar-refractivity contribution < 1.29 is 14.6 Å². The maximum Gasteiger partial charge on any atom is 0.217 e. The summed E-state index contributed by atoms with van der Waals surface area (Å²) in [7, 11) is 0. The molecule has 0 aliphatic rings. The number of nitrogens with one attached hydrogen (secondary N) is 1. The Balaban J connectivity index is 1.86. The number of carbonyl (C=O) groups is 1. The first-order valence-corrected chi connectivity index (χ1v) is 8.27. The second-order valence-corrected chi connectivity index (χ2v) is 6.31. The van der Waals surface area contributed by atoms with E-state index in [9.17, 15) is 9.90 Å². The third kappa shape index (κ3) is 4.03.